The predicted molar refractivity (Wildman–Crippen MR) is 92.5 cm³/mol. The lowest BCUT2D eigenvalue weighted by molar-refractivity contribution is 0.112. The van der Waals surface area contributed by atoms with Crippen LogP contribution in [0.3, 0.4) is 0 Å². The van der Waals surface area contributed by atoms with Crippen molar-refractivity contribution < 1.29 is 4.74 Å². The van der Waals surface area contributed by atoms with Gasteiger partial charge in [0.05, 0.1) is 6.61 Å². The quantitative estimate of drug-likeness (QED) is 0.825. The zero-order valence-corrected chi connectivity index (χ0v) is 15.0. The Morgan fingerprint density at radius 3 is 2.71 bits per heavy atom. The fraction of sp³-hybridized carbons (Fsp3) is 0.667. The number of halogens is 1. The number of ether oxygens (including phenoxy) is 1. The normalized spacial score (nSPS) is 26.6. The van der Waals surface area contributed by atoms with E-state index in [0.717, 1.165) is 35.6 Å². The maximum atomic E-state index is 6.33. The summed E-state index contributed by atoms with van der Waals surface area (Å²) in [5, 5.41) is 0. The third-order valence-electron chi connectivity index (χ3n) is 4.82. The minimum atomic E-state index is 0.342. The van der Waals surface area contributed by atoms with Gasteiger partial charge in [0.1, 0.15) is 5.75 Å². The molecule has 2 N–H and O–H groups in total. The number of rotatable bonds is 4. The lowest BCUT2D eigenvalue weighted by atomic mass is 9.67. The van der Waals surface area contributed by atoms with Crippen molar-refractivity contribution in [1.29, 1.82) is 0 Å². The lowest BCUT2D eigenvalue weighted by Crippen LogP contribution is -2.40. The molecule has 0 saturated heterocycles. The first-order chi connectivity index (χ1) is 9.86. The molecule has 118 valence electrons. The fourth-order valence-corrected chi connectivity index (χ4v) is 3.67. The lowest BCUT2D eigenvalue weighted by Gasteiger charge is -2.40. The number of hydrogen-bond donors (Lipinski definition) is 1. The van der Waals surface area contributed by atoms with E-state index in [0.29, 0.717) is 17.4 Å². The molecule has 0 aliphatic heterocycles. The first-order valence-electron chi connectivity index (χ1n) is 8.00. The Morgan fingerprint density at radius 1 is 1.29 bits per heavy atom. The summed E-state index contributed by atoms with van der Waals surface area (Å²) in [5.74, 6) is 2.31. The van der Waals surface area contributed by atoms with E-state index in [-0.39, 0.29) is 0 Å². The van der Waals surface area contributed by atoms with Gasteiger partial charge in [-0.3, -0.25) is 0 Å². The standard InChI is InChI=1S/C18H28BrNO/c1-18(2,3)14-7-8-17(20)13(11-14)9-10-21-16-6-4-5-15(19)12-16/h4-6,12-14,17H,7-11,20H2,1-3H3. The Labute approximate surface area is 137 Å². The third kappa shape index (κ3) is 5.00. The van der Waals surface area contributed by atoms with E-state index < -0.39 is 0 Å². The Hall–Kier alpha value is -0.540. The highest BCUT2D eigenvalue weighted by Crippen LogP contribution is 2.40. The van der Waals surface area contributed by atoms with Crippen LogP contribution in [-0.2, 0) is 0 Å². The van der Waals surface area contributed by atoms with Gasteiger partial charge in [-0.2, -0.15) is 0 Å². The van der Waals surface area contributed by atoms with Crippen LogP contribution in [0.1, 0.15) is 46.5 Å². The second kappa shape index (κ2) is 7.15. The molecule has 1 aliphatic rings. The first kappa shape index (κ1) is 16.8. The number of benzene rings is 1. The molecule has 2 nitrogen and oxygen atoms in total. The highest BCUT2D eigenvalue weighted by atomic mass is 79.9. The second-order valence-electron chi connectivity index (χ2n) is 7.39. The largest absolute Gasteiger partial charge is 0.494 e. The molecule has 3 heteroatoms. The van der Waals surface area contributed by atoms with Crippen LogP contribution in [0.2, 0.25) is 0 Å². The van der Waals surface area contributed by atoms with Gasteiger partial charge in [0, 0.05) is 10.5 Å². The van der Waals surface area contributed by atoms with Gasteiger partial charge < -0.3 is 10.5 Å². The Bertz CT molecular complexity index is 455. The van der Waals surface area contributed by atoms with Crippen LogP contribution in [0.15, 0.2) is 28.7 Å². The van der Waals surface area contributed by atoms with Crippen LogP contribution >= 0.6 is 15.9 Å². The van der Waals surface area contributed by atoms with Crippen LogP contribution in [0.4, 0.5) is 0 Å². The van der Waals surface area contributed by atoms with Crippen LogP contribution in [0.25, 0.3) is 0 Å². The van der Waals surface area contributed by atoms with Crippen LogP contribution < -0.4 is 10.5 Å². The molecule has 1 aliphatic carbocycles. The highest BCUT2D eigenvalue weighted by molar-refractivity contribution is 9.10. The third-order valence-corrected chi connectivity index (χ3v) is 5.31. The molecule has 1 aromatic carbocycles. The monoisotopic (exact) mass is 353 g/mol. The smallest absolute Gasteiger partial charge is 0.120 e. The average Bonchev–Trinajstić information content (AvgIpc) is 2.39. The SMILES string of the molecule is CC(C)(C)C1CCC(N)C(CCOc2cccc(Br)c2)C1. The summed E-state index contributed by atoms with van der Waals surface area (Å²) in [6, 6.07) is 8.37. The van der Waals surface area contributed by atoms with Crippen molar-refractivity contribution in [2.75, 3.05) is 6.61 Å². The van der Waals surface area contributed by atoms with Gasteiger partial charge in [-0.05, 0) is 61.1 Å². The van der Waals surface area contributed by atoms with E-state index in [1.807, 2.05) is 24.3 Å². The molecule has 1 fully saturated rings. The van der Waals surface area contributed by atoms with Gasteiger partial charge in [-0.15, -0.1) is 0 Å². The molecule has 3 atom stereocenters. The zero-order valence-electron chi connectivity index (χ0n) is 13.4. The van der Waals surface area contributed by atoms with Crippen LogP contribution in [-0.4, -0.2) is 12.6 Å². The van der Waals surface area contributed by atoms with Crippen molar-refractivity contribution in [3.63, 3.8) is 0 Å². The van der Waals surface area contributed by atoms with Gasteiger partial charge in [-0.1, -0.05) is 42.8 Å². The van der Waals surface area contributed by atoms with E-state index in [1.54, 1.807) is 0 Å². The zero-order chi connectivity index (χ0) is 15.5. The molecular formula is C18H28BrNO. The summed E-state index contributed by atoms with van der Waals surface area (Å²) in [4.78, 5) is 0. The number of nitrogens with two attached hydrogens (primary N) is 1. The molecule has 0 spiro atoms. The van der Waals surface area contributed by atoms with E-state index >= 15 is 0 Å². The van der Waals surface area contributed by atoms with E-state index in [4.69, 9.17) is 10.5 Å². The minimum absolute atomic E-state index is 0.342. The number of hydrogen-bond acceptors (Lipinski definition) is 2. The van der Waals surface area contributed by atoms with Gasteiger partial charge in [-0.25, -0.2) is 0 Å². The topological polar surface area (TPSA) is 35.2 Å². The second-order valence-corrected chi connectivity index (χ2v) is 8.31. The van der Waals surface area contributed by atoms with E-state index in [2.05, 4.69) is 36.7 Å². The maximum Gasteiger partial charge on any atom is 0.120 e. The summed E-state index contributed by atoms with van der Waals surface area (Å²) in [5.41, 5.74) is 6.72. The fourth-order valence-electron chi connectivity index (χ4n) is 3.29. The molecule has 0 bridgehead atoms. The predicted octanol–water partition coefficient (Wildman–Crippen LogP) is 5.01. The highest BCUT2D eigenvalue weighted by Gasteiger charge is 2.34. The Morgan fingerprint density at radius 2 is 2.05 bits per heavy atom. The van der Waals surface area contributed by atoms with Gasteiger partial charge in [0.25, 0.3) is 0 Å². The van der Waals surface area contributed by atoms with Gasteiger partial charge in [0.15, 0.2) is 0 Å². The summed E-state index contributed by atoms with van der Waals surface area (Å²) < 4.78 is 6.93. The molecular weight excluding hydrogens is 326 g/mol. The van der Waals surface area contributed by atoms with Crippen molar-refractivity contribution in [3.05, 3.63) is 28.7 Å². The van der Waals surface area contributed by atoms with Crippen molar-refractivity contribution in [1.82, 2.24) is 0 Å². The van der Waals surface area contributed by atoms with Gasteiger partial charge >= 0.3 is 0 Å². The molecule has 0 heterocycles. The summed E-state index contributed by atoms with van der Waals surface area (Å²) in [7, 11) is 0. The van der Waals surface area contributed by atoms with Crippen molar-refractivity contribution in [2.24, 2.45) is 23.0 Å². The van der Waals surface area contributed by atoms with Gasteiger partial charge in [0.2, 0.25) is 0 Å². The van der Waals surface area contributed by atoms with Crippen molar-refractivity contribution in [3.8, 4) is 5.75 Å². The van der Waals surface area contributed by atoms with Crippen LogP contribution in [0.5, 0.6) is 5.75 Å². The molecule has 3 unspecified atom stereocenters. The Kier molecular flexibility index (Phi) is 5.73. The maximum absolute atomic E-state index is 6.33. The molecule has 21 heavy (non-hydrogen) atoms. The molecule has 1 saturated carbocycles. The first-order valence-corrected chi connectivity index (χ1v) is 8.79. The minimum Gasteiger partial charge on any atom is -0.494 e. The molecule has 1 aromatic rings. The molecule has 0 aromatic heterocycles. The van der Waals surface area contributed by atoms with Crippen molar-refractivity contribution in [2.45, 2.75) is 52.5 Å². The van der Waals surface area contributed by atoms with E-state index in [1.165, 1.54) is 12.8 Å². The Balaban J connectivity index is 1.83. The average molecular weight is 354 g/mol. The summed E-state index contributed by atoms with van der Waals surface area (Å²) in [6.07, 6.45) is 4.73. The molecule has 0 amide bonds. The molecule has 0 radical (unpaired) electrons. The van der Waals surface area contributed by atoms with E-state index in [9.17, 15) is 0 Å². The van der Waals surface area contributed by atoms with Crippen molar-refractivity contribution >= 4 is 15.9 Å². The van der Waals surface area contributed by atoms with Crippen LogP contribution in [0, 0.1) is 17.3 Å². The molecule has 2 rings (SSSR count). The summed E-state index contributed by atoms with van der Waals surface area (Å²) >= 11 is 3.47. The summed E-state index contributed by atoms with van der Waals surface area (Å²) in [6.45, 7) is 7.81.